The zero-order valence-electron chi connectivity index (χ0n) is 7.59. The Hall–Kier alpha value is -1.14. The van der Waals surface area contributed by atoms with Crippen LogP contribution in [-0.2, 0) is 6.42 Å². The molecule has 0 saturated carbocycles. The fraction of sp³-hybridized carbons (Fsp3) is 0.333. The summed E-state index contributed by atoms with van der Waals surface area (Å²) in [6.45, 7) is 0. The number of phenolic OH excluding ortho intramolecular Hbond substituents is 1. The fourth-order valence-electron chi connectivity index (χ4n) is 1.11. The van der Waals surface area contributed by atoms with Crippen molar-refractivity contribution in [1.82, 2.24) is 5.48 Å². The lowest BCUT2D eigenvalue weighted by atomic mass is 10.1. The summed E-state index contributed by atoms with van der Waals surface area (Å²) >= 11 is 0. The molecule has 0 fully saturated rings. The number of hydrogen-bond donors (Lipinski definition) is 5. The number of rotatable bonds is 4. The van der Waals surface area contributed by atoms with Gasteiger partial charge in [-0.3, -0.25) is 0 Å². The lowest BCUT2D eigenvalue weighted by Gasteiger charge is -2.16. The molecule has 0 bridgehead atoms. The summed E-state index contributed by atoms with van der Waals surface area (Å²) in [4.78, 5) is 0. The van der Waals surface area contributed by atoms with Crippen LogP contribution in [-0.4, -0.2) is 27.7 Å². The van der Waals surface area contributed by atoms with Crippen LogP contribution in [0.2, 0.25) is 0 Å². The summed E-state index contributed by atoms with van der Waals surface area (Å²) in [5.74, 6) is 0.183. The van der Waals surface area contributed by atoms with E-state index in [-0.39, 0.29) is 5.75 Å². The standard InChI is InChI=1S/C9H14N2O3/c10-8(9(13)11-14)5-6-1-3-7(12)4-2-6/h1-4,8-9,11-14H,5,10H2/t8-,9?/m0/s1. The fourth-order valence-corrected chi connectivity index (χ4v) is 1.11. The molecule has 0 radical (unpaired) electrons. The number of benzene rings is 1. The number of nitrogens with two attached hydrogens (primary N) is 1. The van der Waals surface area contributed by atoms with Crippen molar-refractivity contribution in [3.63, 3.8) is 0 Å². The van der Waals surface area contributed by atoms with Gasteiger partial charge in [-0.2, -0.15) is 5.48 Å². The number of phenols is 1. The Kier molecular flexibility index (Phi) is 3.84. The highest BCUT2D eigenvalue weighted by atomic mass is 16.5. The third-order valence-corrected chi connectivity index (χ3v) is 1.95. The van der Waals surface area contributed by atoms with Gasteiger partial charge in [0.05, 0.1) is 6.04 Å². The van der Waals surface area contributed by atoms with Crippen LogP contribution in [0.15, 0.2) is 24.3 Å². The van der Waals surface area contributed by atoms with Crippen LogP contribution in [0.1, 0.15) is 5.56 Å². The van der Waals surface area contributed by atoms with E-state index in [1.54, 1.807) is 29.7 Å². The number of nitrogens with one attached hydrogen (secondary N) is 1. The van der Waals surface area contributed by atoms with Gasteiger partial charge in [0.25, 0.3) is 0 Å². The van der Waals surface area contributed by atoms with Crippen molar-refractivity contribution < 1.29 is 15.4 Å². The minimum atomic E-state index is -1.15. The summed E-state index contributed by atoms with van der Waals surface area (Å²) in [6, 6.07) is 5.91. The van der Waals surface area contributed by atoms with Gasteiger partial charge < -0.3 is 21.2 Å². The number of aromatic hydroxyl groups is 1. The molecule has 78 valence electrons. The average molecular weight is 198 g/mol. The van der Waals surface area contributed by atoms with E-state index in [1.807, 2.05) is 0 Å². The smallest absolute Gasteiger partial charge is 0.142 e. The van der Waals surface area contributed by atoms with Gasteiger partial charge in [-0.05, 0) is 24.1 Å². The predicted octanol–water partition coefficient (Wildman–Crippen LogP) is -0.441. The van der Waals surface area contributed by atoms with Crippen LogP contribution in [0.4, 0.5) is 0 Å². The lowest BCUT2D eigenvalue weighted by molar-refractivity contribution is -0.0128. The third kappa shape index (κ3) is 2.97. The van der Waals surface area contributed by atoms with Gasteiger partial charge in [-0.25, -0.2) is 0 Å². The minimum absolute atomic E-state index is 0.183. The second-order valence-electron chi connectivity index (χ2n) is 3.11. The van der Waals surface area contributed by atoms with Gasteiger partial charge in [0, 0.05) is 0 Å². The van der Waals surface area contributed by atoms with E-state index in [1.165, 1.54) is 0 Å². The summed E-state index contributed by atoms with van der Waals surface area (Å²) in [5, 5.41) is 26.5. The Balaban J connectivity index is 2.56. The van der Waals surface area contributed by atoms with Crippen molar-refractivity contribution in [3.8, 4) is 5.75 Å². The molecule has 2 atom stereocenters. The average Bonchev–Trinajstić information content (AvgIpc) is 2.20. The van der Waals surface area contributed by atoms with E-state index in [2.05, 4.69) is 0 Å². The molecule has 1 aromatic rings. The SMILES string of the molecule is N[C@@H](Cc1ccc(O)cc1)C(O)NO. The van der Waals surface area contributed by atoms with Gasteiger partial charge in [-0.1, -0.05) is 12.1 Å². The normalized spacial score (nSPS) is 15.1. The molecule has 0 aliphatic rings. The van der Waals surface area contributed by atoms with E-state index in [9.17, 15) is 0 Å². The molecule has 1 aromatic carbocycles. The van der Waals surface area contributed by atoms with Crippen molar-refractivity contribution >= 4 is 0 Å². The molecule has 1 rings (SSSR count). The second kappa shape index (κ2) is 4.92. The molecule has 0 aromatic heterocycles. The first-order valence-electron chi connectivity index (χ1n) is 4.24. The highest BCUT2D eigenvalue weighted by Gasteiger charge is 2.13. The van der Waals surface area contributed by atoms with Crippen LogP contribution in [0.3, 0.4) is 0 Å². The van der Waals surface area contributed by atoms with Crippen LogP contribution in [0.25, 0.3) is 0 Å². The van der Waals surface area contributed by atoms with Crippen LogP contribution >= 0.6 is 0 Å². The van der Waals surface area contributed by atoms with E-state index in [4.69, 9.17) is 21.2 Å². The largest absolute Gasteiger partial charge is 0.508 e. The van der Waals surface area contributed by atoms with Gasteiger partial charge in [0.15, 0.2) is 0 Å². The molecule has 6 N–H and O–H groups in total. The topological polar surface area (TPSA) is 98.7 Å². The maximum atomic E-state index is 9.11. The molecule has 1 unspecified atom stereocenters. The van der Waals surface area contributed by atoms with Crippen molar-refractivity contribution in [3.05, 3.63) is 29.8 Å². The summed E-state index contributed by atoms with van der Waals surface area (Å²) < 4.78 is 0. The summed E-state index contributed by atoms with van der Waals surface area (Å²) in [5.41, 5.74) is 8.12. The van der Waals surface area contributed by atoms with Gasteiger partial charge in [-0.15, -0.1) is 0 Å². The van der Waals surface area contributed by atoms with Crippen molar-refractivity contribution in [2.75, 3.05) is 0 Å². The van der Waals surface area contributed by atoms with E-state index in [0.717, 1.165) is 5.56 Å². The molecule has 14 heavy (non-hydrogen) atoms. The summed E-state index contributed by atoms with van der Waals surface area (Å²) in [7, 11) is 0. The molecule has 0 saturated heterocycles. The minimum Gasteiger partial charge on any atom is -0.508 e. The number of hydrogen-bond acceptors (Lipinski definition) is 5. The van der Waals surface area contributed by atoms with Crippen molar-refractivity contribution in [2.24, 2.45) is 5.73 Å². The first kappa shape index (κ1) is 10.9. The van der Waals surface area contributed by atoms with Gasteiger partial charge >= 0.3 is 0 Å². The number of aliphatic hydroxyl groups is 1. The van der Waals surface area contributed by atoms with Crippen molar-refractivity contribution in [1.29, 1.82) is 0 Å². The van der Waals surface area contributed by atoms with Gasteiger partial charge in [0.1, 0.15) is 12.0 Å². The van der Waals surface area contributed by atoms with E-state index < -0.39 is 12.3 Å². The first-order valence-corrected chi connectivity index (χ1v) is 4.24. The Morgan fingerprint density at radius 2 is 1.86 bits per heavy atom. The maximum absolute atomic E-state index is 9.11. The molecule has 0 aliphatic heterocycles. The van der Waals surface area contributed by atoms with E-state index in [0.29, 0.717) is 6.42 Å². The highest BCUT2D eigenvalue weighted by molar-refractivity contribution is 5.26. The molecule has 0 aliphatic carbocycles. The Morgan fingerprint density at radius 3 is 2.36 bits per heavy atom. The van der Waals surface area contributed by atoms with Crippen molar-refractivity contribution in [2.45, 2.75) is 18.7 Å². The lowest BCUT2D eigenvalue weighted by Crippen LogP contribution is -2.44. The molecule has 0 amide bonds. The molecule has 5 nitrogen and oxygen atoms in total. The second-order valence-corrected chi connectivity index (χ2v) is 3.11. The quantitative estimate of drug-likeness (QED) is 0.333. The monoisotopic (exact) mass is 198 g/mol. The van der Waals surface area contributed by atoms with Crippen LogP contribution in [0, 0.1) is 0 Å². The zero-order chi connectivity index (χ0) is 10.6. The highest BCUT2D eigenvalue weighted by Crippen LogP contribution is 2.11. The maximum Gasteiger partial charge on any atom is 0.142 e. The Labute approximate surface area is 81.8 Å². The Morgan fingerprint density at radius 1 is 1.29 bits per heavy atom. The third-order valence-electron chi connectivity index (χ3n) is 1.95. The molecular formula is C9H14N2O3. The molecule has 0 spiro atoms. The van der Waals surface area contributed by atoms with Crippen LogP contribution in [0.5, 0.6) is 5.75 Å². The molecule has 0 heterocycles. The van der Waals surface area contributed by atoms with E-state index >= 15 is 0 Å². The van der Waals surface area contributed by atoms with Gasteiger partial charge in [0.2, 0.25) is 0 Å². The zero-order valence-corrected chi connectivity index (χ0v) is 7.59. The first-order chi connectivity index (χ1) is 6.63. The summed E-state index contributed by atoms with van der Waals surface area (Å²) in [6.07, 6.45) is -0.738. The van der Waals surface area contributed by atoms with Crippen LogP contribution < -0.4 is 11.2 Å². The number of hydroxylamine groups is 1. The number of aliphatic hydroxyl groups excluding tert-OH is 1. The Bertz CT molecular complexity index is 276. The molecular weight excluding hydrogens is 184 g/mol. The predicted molar refractivity (Wildman–Crippen MR) is 50.7 cm³/mol. The molecule has 5 heteroatoms.